The molecule has 0 radical (unpaired) electrons. The summed E-state index contributed by atoms with van der Waals surface area (Å²) in [7, 11) is 5.25. The van der Waals surface area contributed by atoms with Gasteiger partial charge in [-0.2, -0.15) is 0 Å². The second-order valence-electron chi connectivity index (χ2n) is 8.22. The lowest BCUT2D eigenvalue weighted by Crippen LogP contribution is -2.45. The molecule has 1 unspecified atom stereocenters. The van der Waals surface area contributed by atoms with E-state index in [-0.39, 0.29) is 41.8 Å². The zero-order valence-electron chi connectivity index (χ0n) is 18.2. The van der Waals surface area contributed by atoms with Gasteiger partial charge in [0.15, 0.2) is 5.96 Å². The highest BCUT2D eigenvalue weighted by molar-refractivity contribution is 14.0. The predicted octanol–water partition coefficient (Wildman–Crippen LogP) is 2.46. The molecule has 0 spiro atoms. The van der Waals surface area contributed by atoms with E-state index in [4.69, 9.17) is 0 Å². The number of halogens is 1. The van der Waals surface area contributed by atoms with Gasteiger partial charge in [0.1, 0.15) is 0 Å². The molecule has 166 valence electrons. The minimum atomic E-state index is -0.0000702. The first-order valence-corrected chi connectivity index (χ1v) is 10.5. The molecule has 0 bridgehead atoms. The summed E-state index contributed by atoms with van der Waals surface area (Å²) in [6, 6.07) is 7.83. The van der Waals surface area contributed by atoms with Gasteiger partial charge in [0.25, 0.3) is 5.91 Å². The summed E-state index contributed by atoms with van der Waals surface area (Å²) in [5, 5.41) is 6.76. The van der Waals surface area contributed by atoms with E-state index in [1.165, 1.54) is 12.8 Å². The number of hydrogen-bond donors (Lipinski definition) is 2. The quantitative estimate of drug-likeness (QED) is 0.351. The number of rotatable bonds is 5. The van der Waals surface area contributed by atoms with E-state index >= 15 is 0 Å². The first-order chi connectivity index (χ1) is 14.0. The van der Waals surface area contributed by atoms with E-state index < -0.39 is 0 Å². The third-order valence-electron chi connectivity index (χ3n) is 5.84. The molecule has 0 aromatic heterocycles. The zero-order valence-corrected chi connectivity index (χ0v) is 20.5. The predicted molar refractivity (Wildman–Crippen MR) is 130 cm³/mol. The minimum Gasteiger partial charge on any atom is -0.352 e. The van der Waals surface area contributed by atoms with Crippen LogP contribution < -0.4 is 10.6 Å². The number of benzene rings is 1. The Morgan fingerprint density at radius 3 is 2.40 bits per heavy atom. The molecule has 1 heterocycles. The Hall–Kier alpha value is -1.84. The average Bonchev–Trinajstić information content (AvgIpc) is 3.42. The fourth-order valence-electron chi connectivity index (χ4n) is 4.11. The van der Waals surface area contributed by atoms with E-state index in [0.717, 1.165) is 43.9 Å². The third kappa shape index (κ3) is 6.33. The topological polar surface area (TPSA) is 77.0 Å². The summed E-state index contributed by atoms with van der Waals surface area (Å²) in [6.07, 6.45) is 5.42. The van der Waals surface area contributed by atoms with Crippen LogP contribution in [-0.2, 0) is 11.3 Å². The van der Waals surface area contributed by atoms with Crippen molar-refractivity contribution in [3.8, 4) is 0 Å². The first-order valence-electron chi connectivity index (χ1n) is 10.5. The molecule has 1 aromatic carbocycles. The van der Waals surface area contributed by atoms with Crippen molar-refractivity contribution in [3.05, 3.63) is 35.4 Å². The summed E-state index contributed by atoms with van der Waals surface area (Å²) in [5.41, 5.74) is 1.76. The molecular weight excluding hydrogens is 493 g/mol. The standard InChI is InChI=1S/C22H33N5O2.HI/c1-23-22(24-14-16-8-10-18(11-9-16)20(28)26(2)3)25-19-12-13-27(15-19)21(29)17-6-4-5-7-17;/h8-11,17,19H,4-7,12-15H2,1-3H3,(H2,23,24,25);1H. The van der Waals surface area contributed by atoms with Gasteiger partial charge < -0.3 is 20.4 Å². The van der Waals surface area contributed by atoms with Crippen molar-refractivity contribution in [2.45, 2.75) is 44.7 Å². The molecule has 1 saturated carbocycles. The highest BCUT2D eigenvalue weighted by Gasteiger charge is 2.32. The molecule has 1 aromatic rings. The largest absolute Gasteiger partial charge is 0.352 e. The van der Waals surface area contributed by atoms with Crippen molar-refractivity contribution >= 4 is 41.8 Å². The van der Waals surface area contributed by atoms with Gasteiger partial charge in [0, 0.05) is 58.3 Å². The van der Waals surface area contributed by atoms with Crippen molar-refractivity contribution in [2.75, 3.05) is 34.2 Å². The first kappa shape index (κ1) is 24.4. The monoisotopic (exact) mass is 527 g/mol. The zero-order chi connectivity index (χ0) is 20.8. The van der Waals surface area contributed by atoms with Gasteiger partial charge in [0.05, 0.1) is 0 Å². The van der Waals surface area contributed by atoms with Crippen LogP contribution in [0.4, 0.5) is 0 Å². The minimum absolute atomic E-state index is 0. The van der Waals surface area contributed by atoms with Crippen molar-refractivity contribution in [3.63, 3.8) is 0 Å². The van der Waals surface area contributed by atoms with Crippen LogP contribution in [0.25, 0.3) is 0 Å². The number of carbonyl (C=O) groups excluding carboxylic acids is 2. The normalized spacial score (nSPS) is 19.4. The van der Waals surface area contributed by atoms with E-state index in [9.17, 15) is 9.59 Å². The van der Waals surface area contributed by atoms with Gasteiger partial charge >= 0.3 is 0 Å². The summed E-state index contributed by atoms with van der Waals surface area (Å²) in [4.78, 5) is 32.5. The highest BCUT2D eigenvalue weighted by Crippen LogP contribution is 2.27. The Balaban J connectivity index is 0.00000320. The van der Waals surface area contributed by atoms with Gasteiger partial charge in [-0.15, -0.1) is 24.0 Å². The van der Waals surface area contributed by atoms with Crippen LogP contribution in [0.15, 0.2) is 29.3 Å². The molecule has 8 heteroatoms. The highest BCUT2D eigenvalue weighted by atomic mass is 127. The van der Waals surface area contributed by atoms with Gasteiger partial charge in [-0.3, -0.25) is 14.6 Å². The fourth-order valence-corrected chi connectivity index (χ4v) is 4.11. The molecule has 1 aliphatic carbocycles. The number of amides is 2. The molecular formula is C22H34IN5O2. The summed E-state index contributed by atoms with van der Waals surface area (Å²) in [5.74, 6) is 1.31. The SMILES string of the molecule is CN=C(NCc1ccc(C(=O)N(C)C)cc1)NC1CCN(C(=O)C2CCCC2)C1.I. The number of nitrogens with one attached hydrogen (secondary N) is 2. The lowest BCUT2D eigenvalue weighted by Gasteiger charge is -2.21. The van der Waals surface area contributed by atoms with E-state index in [1.54, 1.807) is 26.0 Å². The number of aliphatic imine (C=N–C) groups is 1. The van der Waals surface area contributed by atoms with Crippen molar-refractivity contribution in [1.82, 2.24) is 20.4 Å². The molecule has 3 rings (SSSR count). The molecule has 2 aliphatic rings. The number of carbonyl (C=O) groups is 2. The Morgan fingerprint density at radius 1 is 1.13 bits per heavy atom. The molecule has 1 aliphatic heterocycles. The maximum atomic E-state index is 12.6. The maximum absolute atomic E-state index is 12.6. The van der Waals surface area contributed by atoms with E-state index in [1.807, 2.05) is 29.2 Å². The smallest absolute Gasteiger partial charge is 0.253 e. The fraction of sp³-hybridized carbons (Fsp3) is 0.591. The van der Waals surface area contributed by atoms with Crippen LogP contribution in [0, 0.1) is 5.92 Å². The van der Waals surface area contributed by atoms with Crippen LogP contribution in [0.2, 0.25) is 0 Å². The number of likely N-dealkylation sites (tertiary alicyclic amines) is 1. The number of hydrogen-bond acceptors (Lipinski definition) is 3. The van der Waals surface area contributed by atoms with Crippen molar-refractivity contribution < 1.29 is 9.59 Å². The van der Waals surface area contributed by atoms with Crippen LogP contribution in [0.5, 0.6) is 0 Å². The lowest BCUT2D eigenvalue weighted by molar-refractivity contribution is -0.134. The van der Waals surface area contributed by atoms with Gasteiger partial charge in [0.2, 0.25) is 5.91 Å². The molecule has 2 fully saturated rings. The molecule has 1 saturated heterocycles. The Morgan fingerprint density at radius 2 is 1.80 bits per heavy atom. The van der Waals surface area contributed by atoms with Crippen LogP contribution in [0.1, 0.15) is 48.0 Å². The van der Waals surface area contributed by atoms with Crippen LogP contribution in [-0.4, -0.2) is 67.8 Å². The van der Waals surface area contributed by atoms with Gasteiger partial charge in [-0.25, -0.2) is 0 Å². The molecule has 30 heavy (non-hydrogen) atoms. The molecule has 2 N–H and O–H groups in total. The van der Waals surface area contributed by atoms with Crippen LogP contribution >= 0.6 is 24.0 Å². The number of nitrogens with zero attached hydrogens (tertiary/aromatic N) is 3. The third-order valence-corrected chi connectivity index (χ3v) is 5.84. The van der Waals surface area contributed by atoms with Crippen molar-refractivity contribution in [2.24, 2.45) is 10.9 Å². The second-order valence-corrected chi connectivity index (χ2v) is 8.22. The second kappa shape index (κ2) is 11.5. The molecule has 2 amide bonds. The summed E-state index contributed by atoms with van der Waals surface area (Å²) >= 11 is 0. The van der Waals surface area contributed by atoms with Crippen molar-refractivity contribution in [1.29, 1.82) is 0 Å². The Kier molecular flexibility index (Phi) is 9.38. The summed E-state index contributed by atoms with van der Waals surface area (Å²) in [6.45, 7) is 2.19. The molecule has 7 nitrogen and oxygen atoms in total. The van der Waals surface area contributed by atoms with Gasteiger partial charge in [-0.1, -0.05) is 25.0 Å². The number of guanidine groups is 1. The molecule has 1 atom stereocenters. The maximum Gasteiger partial charge on any atom is 0.253 e. The van der Waals surface area contributed by atoms with E-state index in [2.05, 4.69) is 15.6 Å². The van der Waals surface area contributed by atoms with Crippen LogP contribution in [0.3, 0.4) is 0 Å². The van der Waals surface area contributed by atoms with E-state index in [0.29, 0.717) is 18.0 Å². The Bertz CT molecular complexity index is 744. The average molecular weight is 527 g/mol. The lowest BCUT2D eigenvalue weighted by atomic mass is 10.1. The van der Waals surface area contributed by atoms with Gasteiger partial charge in [-0.05, 0) is 37.0 Å². The Labute approximate surface area is 196 Å². The summed E-state index contributed by atoms with van der Waals surface area (Å²) < 4.78 is 0.